The van der Waals surface area contributed by atoms with E-state index in [-0.39, 0.29) is 17.5 Å². The molecule has 4 rings (SSSR count). The lowest BCUT2D eigenvalue weighted by Crippen LogP contribution is -2.51. The number of halogens is 1. The highest BCUT2D eigenvalue weighted by Crippen LogP contribution is 2.40. The molecule has 0 saturated carbocycles. The zero-order chi connectivity index (χ0) is 21.8. The molecular weight excluding hydrogens is 406 g/mol. The molecule has 8 nitrogen and oxygen atoms in total. The van der Waals surface area contributed by atoms with Crippen LogP contribution in [0.15, 0.2) is 23.0 Å². The Morgan fingerprint density at radius 2 is 2.10 bits per heavy atom. The highest BCUT2D eigenvalue weighted by atomic mass is 35.5. The monoisotopic (exact) mass is 431 g/mol. The fourth-order valence-electron chi connectivity index (χ4n) is 4.38. The Hall–Kier alpha value is -2.74. The maximum atomic E-state index is 11.7. The average molecular weight is 432 g/mol. The average Bonchev–Trinajstić information content (AvgIpc) is 3.28. The minimum atomic E-state index is -0.864. The van der Waals surface area contributed by atoms with Crippen LogP contribution >= 0.6 is 11.6 Å². The number of hydrogen-bond donors (Lipinski definition) is 2. The molecule has 2 unspecified atom stereocenters. The number of piperidine rings is 1. The van der Waals surface area contributed by atoms with Crippen LogP contribution in [0.3, 0.4) is 0 Å². The highest BCUT2D eigenvalue weighted by molar-refractivity contribution is 6.31. The van der Waals surface area contributed by atoms with Crippen LogP contribution in [-0.2, 0) is 0 Å². The number of furan rings is 1. The van der Waals surface area contributed by atoms with Crippen molar-refractivity contribution in [2.45, 2.75) is 52.6 Å². The van der Waals surface area contributed by atoms with Crippen molar-refractivity contribution < 1.29 is 14.3 Å². The van der Waals surface area contributed by atoms with E-state index in [1.165, 1.54) is 0 Å². The SMILES string of the molecule is Cc1c(Cl)oc2c(N)ncc(-c3cnn(C4CCN(C(=O)O)C(C(C)(C)C)C4)c3)c12. The number of rotatable bonds is 2. The number of anilines is 1. The van der Waals surface area contributed by atoms with Gasteiger partial charge < -0.3 is 20.2 Å². The second kappa shape index (κ2) is 7.19. The topological polar surface area (TPSA) is 110 Å². The Labute approximate surface area is 179 Å². The Morgan fingerprint density at radius 1 is 1.37 bits per heavy atom. The molecule has 1 aliphatic rings. The molecule has 0 bridgehead atoms. The van der Waals surface area contributed by atoms with Crippen LogP contribution in [0.5, 0.6) is 0 Å². The molecule has 30 heavy (non-hydrogen) atoms. The largest absolute Gasteiger partial charge is 0.465 e. The van der Waals surface area contributed by atoms with Crippen molar-refractivity contribution in [2.24, 2.45) is 5.41 Å². The van der Waals surface area contributed by atoms with Gasteiger partial charge in [-0.2, -0.15) is 5.10 Å². The third-order valence-corrected chi connectivity index (χ3v) is 6.39. The minimum Gasteiger partial charge on any atom is -0.465 e. The number of carboxylic acid groups (broad SMARTS) is 1. The lowest BCUT2D eigenvalue weighted by molar-refractivity contribution is 0.0408. The normalized spacial score (nSPS) is 20.1. The molecule has 160 valence electrons. The molecular formula is C21H26ClN5O3. The fourth-order valence-corrected chi connectivity index (χ4v) is 4.55. The molecule has 1 aliphatic heterocycles. The van der Waals surface area contributed by atoms with E-state index in [0.29, 0.717) is 36.0 Å². The van der Waals surface area contributed by atoms with Gasteiger partial charge in [-0.05, 0) is 36.8 Å². The van der Waals surface area contributed by atoms with E-state index in [4.69, 9.17) is 21.8 Å². The van der Waals surface area contributed by atoms with Crippen LogP contribution < -0.4 is 5.73 Å². The van der Waals surface area contributed by atoms with E-state index in [1.807, 2.05) is 17.8 Å². The quantitative estimate of drug-likeness (QED) is 0.592. The van der Waals surface area contributed by atoms with Gasteiger partial charge in [0.1, 0.15) is 0 Å². The lowest BCUT2D eigenvalue weighted by Gasteiger charge is -2.44. The summed E-state index contributed by atoms with van der Waals surface area (Å²) in [6, 6.07) is 0.0334. The summed E-state index contributed by atoms with van der Waals surface area (Å²) < 4.78 is 7.53. The number of carbonyl (C=O) groups is 1. The number of likely N-dealkylation sites (tertiary alicyclic amines) is 1. The number of fused-ring (bicyclic) bond motifs is 1. The third kappa shape index (κ3) is 3.39. The molecule has 2 atom stereocenters. The first-order chi connectivity index (χ1) is 14.1. The maximum absolute atomic E-state index is 11.7. The maximum Gasteiger partial charge on any atom is 0.407 e. The van der Waals surface area contributed by atoms with Gasteiger partial charge in [-0.3, -0.25) is 4.68 Å². The summed E-state index contributed by atoms with van der Waals surface area (Å²) in [5.41, 5.74) is 8.84. The number of nitrogens with zero attached hydrogens (tertiary/aromatic N) is 4. The van der Waals surface area contributed by atoms with Gasteiger partial charge in [-0.1, -0.05) is 20.8 Å². The summed E-state index contributed by atoms with van der Waals surface area (Å²) in [6.45, 7) is 8.60. The summed E-state index contributed by atoms with van der Waals surface area (Å²) in [4.78, 5) is 17.5. The van der Waals surface area contributed by atoms with Crippen molar-refractivity contribution >= 4 is 34.5 Å². The van der Waals surface area contributed by atoms with Crippen molar-refractivity contribution in [3.8, 4) is 11.1 Å². The number of amides is 1. The van der Waals surface area contributed by atoms with Crippen LogP contribution in [0.1, 0.15) is 45.2 Å². The van der Waals surface area contributed by atoms with Gasteiger partial charge in [0, 0.05) is 47.1 Å². The molecule has 1 amide bonds. The van der Waals surface area contributed by atoms with Crippen molar-refractivity contribution in [1.82, 2.24) is 19.7 Å². The van der Waals surface area contributed by atoms with E-state index in [9.17, 15) is 9.90 Å². The van der Waals surface area contributed by atoms with Gasteiger partial charge in [0.25, 0.3) is 0 Å². The van der Waals surface area contributed by atoms with Gasteiger partial charge in [0.15, 0.2) is 16.6 Å². The number of nitrogens with two attached hydrogens (primary N) is 1. The molecule has 0 aromatic carbocycles. The predicted molar refractivity (Wildman–Crippen MR) is 116 cm³/mol. The molecule has 1 saturated heterocycles. The predicted octanol–water partition coefficient (Wildman–Crippen LogP) is 4.96. The van der Waals surface area contributed by atoms with Gasteiger partial charge in [0.2, 0.25) is 0 Å². The third-order valence-electron chi connectivity index (χ3n) is 6.03. The van der Waals surface area contributed by atoms with E-state index < -0.39 is 6.09 Å². The number of pyridine rings is 1. The highest BCUT2D eigenvalue weighted by Gasteiger charge is 2.39. The van der Waals surface area contributed by atoms with Crippen molar-refractivity contribution in [1.29, 1.82) is 0 Å². The van der Waals surface area contributed by atoms with E-state index in [1.54, 1.807) is 17.3 Å². The van der Waals surface area contributed by atoms with Gasteiger partial charge >= 0.3 is 6.09 Å². The Morgan fingerprint density at radius 3 is 2.77 bits per heavy atom. The van der Waals surface area contributed by atoms with Gasteiger partial charge in [-0.25, -0.2) is 9.78 Å². The number of aromatic nitrogens is 3. The summed E-state index contributed by atoms with van der Waals surface area (Å²) >= 11 is 6.18. The van der Waals surface area contributed by atoms with E-state index in [0.717, 1.165) is 22.1 Å². The molecule has 1 fully saturated rings. The Bertz CT molecular complexity index is 1110. The second-order valence-corrected chi connectivity index (χ2v) is 9.35. The molecule has 0 spiro atoms. The van der Waals surface area contributed by atoms with Crippen LogP contribution in [0, 0.1) is 12.3 Å². The van der Waals surface area contributed by atoms with Crippen LogP contribution in [-0.4, -0.2) is 43.5 Å². The first-order valence-corrected chi connectivity index (χ1v) is 10.3. The summed E-state index contributed by atoms with van der Waals surface area (Å²) in [5, 5.41) is 15.3. The number of aryl methyl sites for hydroxylation is 1. The summed E-state index contributed by atoms with van der Waals surface area (Å²) in [7, 11) is 0. The van der Waals surface area contributed by atoms with Crippen LogP contribution in [0.4, 0.5) is 10.6 Å². The number of hydrogen-bond acceptors (Lipinski definition) is 5. The van der Waals surface area contributed by atoms with Gasteiger partial charge in [0.05, 0.1) is 12.2 Å². The minimum absolute atomic E-state index is 0.0822. The zero-order valence-corrected chi connectivity index (χ0v) is 18.3. The first kappa shape index (κ1) is 20.5. The zero-order valence-electron chi connectivity index (χ0n) is 17.5. The summed E-state index contributed by atoms with van der Waals surface area (Å²) in [6.07, 6.45) is 6.05. The van der Waals surface area contributed by atoms with Crippen molar-refractivity contribution in [3.63, 3.8) is 0 Å². The Balaban J connectivity index is 1.68. The van der Waals surface area contributed by atoms with Crippen molar-refractivity contribution in [3.05, 3.63) is 29.4 Å². The molecule has 3 aromatic heterocycles. The fraction of sp³-hybridized carbons (Fsp3) is 0.476. The molecule has 9 heteroatoms. The molecule has 4 heterocycles. The van der Waals surface area contributed by atoms with Crippen LogP contribution in [0.2, 0.25) is 5.22 Å². The van der Waals surface area contributed by atoms with E-state index >= 15 is 0 Å². The van der Waals surface area contributed by atoms with Crippen molar-refractivity contribution in [2.75, 3.05) is 12.3 Å². The Kier molecular flexibility index (Phi) is 4.92. The molecule has 3 N–H and O–H groups in total. The first-order valence-electron chi connectivity index (χ1n) is 9.95. The number of nitrogen functional groups attached to an aromatic ring is 1. The molecule has 0 radical (unpaired) electrons. The molecule has 3 aromatic rings. The molecule has 0 aliphatic carbocycles. The standard InChI is InChI=1S/C21H26ClN5O3/c1-11-16-14(9-24-19(23)17(16)30-18(11)22)12-8-25-27(10-12)13-5-6-26(20(28)29)15(7-13)21(2,3)4/h8-10,13,15H,5-7H2,1-4H3,(H2,23,24)(H,28,29). The van der Waals surface area contributed by atoms with Crippen LogP contribution in [0.25, 0.3) is 22.1 Å². The van der Waals surface area contributed by atoms with E-state index in [2.05, 4.69) is 30.9 Å². The summed E-state index contributed by atoms with van der Waals surface area (Å²) in [5.74, 6) is 0.296. The second-order valence-electron chi connectivity index (χ2n) is 9.01. The lowest BCUT2D eigenvalue weighted by atomic mass is 9.79. The van der Waals surface area contributed by atoms with Gasteiger partial charge in [-0.15, -0.1) is 0 Å². The smallest absolute Gasteiger partial charge is 0.407 e.